The summed E-state index contributed by atoms with van der Waals surface area (Å²) in [7, 11) is -0.256. The summed E-state index contributed by atoms with van der Waals surface area (Å²) >= 11 is 0. The summed E-state index contributed by atoms with van der Waals surface area (Å²) in [5, 5.41) is 0. The lowest BCUT2D eigenvalue weighted by molar-refractivity contribution is 0.629. The van der Waals surface area contributed by atoms with Crippen LogP contribution in [0.25, 0.3) is 0 Å². The second kappa shape index (κ2) is 4.97. The molecular weight excluding hydrogens is 198 g/mol. The molecule has 0 aliphatic carbocycles. The van der Waals surface area contributed by atoms with Crippen LogP contribution in [0.4, 0.5) is 4.39 Å². The van der Waals surface area contributed by atoms with Crippen LogP contribution in [-0.4, -0.2) is 7.28 Å². The highest BCUT2D eigenvalue weighted by Crippen LogP contribution is 2.03. The van der Waals surface area contributed by atoms with Gasteiger partial charge in [0, 0.05) is 7.28 Å². The Hall–Kier alpha value is -1.57. The Morgan fingerprint density at radius 2 is 1.81 bits per heavy atom. The van der Waals surface area contributed by atoms with E-state index in [2.05, 4.69) is 31.2 Å². The summed E-state index contributed by atoms with van der Waals surface area (Å²) in [4.78, 5) is 0. The predicted molar refractivity (Wildman–Crippen MR) is 69.5 cm³/mol. The second-order valence-electron chi connectivity index (χ2n) is 4.49. The minimum absolute atomic E-state index is 0.120. The molecule has 0 atom stereocenters. The molecule has 0 heterocycles. The Bertz CT molecular complexity index is 462. The highest BCUT2D eigenvalue weighted by Gasteiger charge is 1.92. The molecule has 0 nitrogen and oxygen atoms in total. The van der Waals surface area contributed by atoms with E-state index >= 15 is 0 Å². The molecule has 0 spiro atoms. The smallest absolute Gasteiger partial charge is 0.120 e. The van der Waals surface area contributed by atoms with E-state index in [9.17, 15) is 4.39 Å². The fraction of sp³-hybridized carbons (Fsp3) is 0.143. The SMILES string of the molecule is Cc1ccc(C[BH2-]c2cccc(F)c2)cc1. The van der Waals surface area contributed by atoms with Crippen molar-refractivity contribution in [2.75, 3.05) is 0 Å². The van der Waals surface area contributed by atoms with Gasteiger partial charge in [-0.15, -0.1) is 0 Å². The Kier molecular flexibility index (Phi) is 3.40. The van der Waals surface area contributed by atoms with Crippen LogP contribution in [0.3, 0.4) is 0 Å². The molecule has 0 saturated heterocycles. The van der Waals surface area contributed by atoms with Crippen LogP contribution >= 0.6 is 0 Å². The van der Waals surface area contributed by atoms with Crippen molar-refractivity contribution in [2.24, 2.45) is 0 Å². The van der Waals surface area contributed by atoms with E-state index < -0.39 is 0 Å². The molecule has 0 aliphatic heterocycles. The molecule has 2 rings (SSSR count). The molecule has 0 bridgehead atoms. The first-order chi connectivity index (χ1) is 7.74. The van der Waals surface area contributed by atoms with Crippen LogP contribution in [0.5, 0.6) is 0 Å². The van der Waals surface area contributed by atoms with Gasteiger partial charge in [0.05, 0.1) is 0 Å². The van der Waals surface area contributed by atoms with E-state index in [4.69, 9.17) is 0 Å². The molecule has 16 heavy (non-hydrogen) atoms. The Morgan fingerprint density at radius 1 is 1.06 bits per heavy atom. The highest BCUT2D eigenvalue weighted by atomic mass is 19.1. The Balaban J connectivity index is 1.99. The van der Waals surface area contributed by atoms with Gasteiger partial charge in [0.2, 0.25) is 0 Å². The van der Waals surface area contributed by atoms with E-state index in [0.29, 0.717) is 0 Å². The van der Waals surface area contributed by atoms with E-state index in [1.807, 2.05) is 6.07 Å². The number of aryl methyl sites for hydroxylation is 1. The van der Waals surface area contributed by atoms with E-state index in [1.165, 1.54) is 22.7 Å². The zero-order valence-electron chi connectivity index (χ0n) is 9.70. The van der Waals surface area contributed by atoms with Crippen molar-refractivity contribution in [1.82, 2.24) is 0 Å². The third kappa shape index (κ3) is 2.96. The maximum absolute atomic E-state index is 13.0. The minimum atomic E-state index is -0.256. The predicted octanol–water partition coefficient (Wildman–Crippen LogP) is 2.13. The van der Waals surface area contributed by atoms with Gasteiger partial charge in [-0.1, -0.05) is 53.6 Å². The zero-order valence-corrected chi connectivity index (χ0v) is 9.70. The molecule has 0 unspecified atom stereocenters. The zero-order chi connectivity index (χ0) is 11.4. The normalized spacial score (nSPS) is 10.4. The van der Waals surface area contributed by atoms with Gasteiger partial charge in [0.25, 0.3) is 0 Å². The lowest BCUT2D eigenvalue weighted by Gasteiger charge is -2.08. The van der Waals surface area contributed by atoms with Crippen molar-refractivity contribution in [3.8, 4) is 0 Å². The van der Waals surface area contributed by atoms with Crippen molar-refractivity contribution >= 4 is 12.7 Å². The van der Waals surface area contributed by atoms with Crippen LogP contribution < -0.4 is 5.46 Å². The molecule has 0 N–H and O–H groups in total. The van der Waals surface area contributed by atoms with Crippen molar-refractivity contribution in [3.05, 3.63) is 65.5 Å². The largest absolute Gasteiger partial charge is 0.214 e. The number of halogens is 1. The van der Waals surface area contributed by atoms with Crippen LogP contribution in [0, 0.1) is 12.7 Å². The molecule has 0 amide bonds. The summed E-state index contributed by atoms with van der Waals surface area (Å²) in [6, 6.07) is 15.6. The molecule has 2 aromatic rings. The van der Waals surface area contributed by atoms with Gasteiger partial charge in [-0.25, -0.2) is 9.85 Å². The lowest BCUT2D eigenvalue weighted by Crippen LogP contribution is -2.16. The first-order valence-corrected chi connectivity index (χ1v) is 5.89. The highest BCUT2D eigenvalue weighted by molar-refractivity contribution is 6.52. The van der Waals surface area contributed by atoms with Crippen LogP contribution in [0.2, 0.25) is 0 Å². The fourth-order valence-corrected chi connectivity index (χ4v) is 2.06. The lowest BCUT2D eigenvalue weighted by atomic mass is 9.65. The minimum Gasteiger partial charge on any atom is -0.214 e. The van der Waals surface area contributed by atoms with Gasteiger partial charge in [0.1, 0.15) is 5.82 Å². The Morgan fingerprint density at radius 3 is 2.50 bits per heavy atom. The van der Waals surface area contributed by atoms with Crippen LogP contribution in [0.1, 0.15) is 11.1 Å². The van der Waals surface area contributed by atoms with Crippen molar-refractivity contribution in [3.63, 3.8) is 0 Å². The summed E-state index contributed by atoms with van der Waals surface area (Å²) in [5.41, 5.74) is 3.82. The monoisotopic (exact) mass is 213 g/mol. The third-order valence-electron chi connectivity index (χ3n) is 3.09. The van der Waals surface area contributed by atoms with Gasteiger partial charge in [-0.2, -0.15) is 6.32 Å². The van der Waals surface area contributed by atoms with Gasteiger partial charge in [0.15, 0.2) is 0 Å². The number of hydrogen-bond acceptors (Lipinski definition) is 0. The Labute approximate surface area is 96.4 Å². The van der Waals surface area contributed by atoms with Gasteiger partial charge in [-0.05, 0) is 13.0 Å². The topological polar surface area (TPSA) is 0 Å². The van der Waals surface area contributed by atoms with Crippen molar-refractivity contribution < 1.29 is 4.39 Å². The summed E-state index contributed by atoms with van der Waals surface area (Å²) < 4.78 is 13.0. The van der Waals surface area contributed by atoms with Gasteiger partial charge < -0.3 is 0 Å². The van der Waals surface area contributed by atoms with E-state index in [0.717, 1.165) is 6.32 Å². The second-order valence-corrected chi connectivity index (χ2v) is 4.49. The van der Waals surface area contributed by atoms with Gasteiger partial charge in [-0.3, -0.25) is 0 Å². The molecule has 82 valence electrons. The fourth-order valence-electron chi connectivity index (χ4n) is 2.06. The number of benzene rings is 2. The molecule has 0 saturated carbocycles. The molecule has 0 radical (unpaired) electrons. The van der Waals surface area contributed by atoms with E-state index in [-0.39, 0.29) is 13.1 Å². The third-order valence-corrected chi connectivity index (χ3v) is 3.09. The quantitative estimate of drug-likeness (QED) is 0.685. The number of rotatable bonds is 3. The molecule has 0 aromatic heterocycles. The molecular formula is C14H15BF-. The number of hydrogen-bond donors (Lipinski definition) is 0. The van der Waals surface area contributed by atoms with Crippen LogP contribution in [0.15, 0.2) is 48.5 Å². The first kappa shape index (κ1) is 10.9. The van der Waals surface area contributed by atoms with Crippen LogP contribution in [-0.2, 0) is 6.32 Å². The standard InChI is InChI=1S/C14H15BF/c1-11-5-7-12(8-6-11)10-15-13-3-2-4-14(16)9-13/h2-9H,10,15H2,1H3/q-1. The molecule has 2 aromatic carbocycles. The average molecular weight is 213 g/mol. The summed E-state index contributed by atoms with van der Waals surface area (Å²) in [5.74, 6) is -0.120. The van der Waals surface area contributed by atoms with Crippen molar-refractivity contribution in [2.45, 2.75) is 13.2 Å². The van der Waals surface area contributed by atoms with Crippen molar-refractivity contribution in [1.29, 1.82) is 0 Å². The maximum Gasteiger partial charge on any atom is 0.120 e. The molecule has 0 fully saturated rings. The van der Waals surface area contributed by atoms with E-state index in [1.54, 1.807) is 12.1 Å². The molecule has 2 heteroatoms. The average Bonchev–Trinajstić information content (AvgIpc) is 2.28. The summed E-state index contributed by atoms with van der Waals surface area (Å²) in [6.45, 7) is 2.09. The summed E-state index contributed by atoms with van der Waals surface area (Å²) in [6.07, 6.45) is 1.09. The van der Waals surface area contributed by atoms with Gasteiger partial charge >= 0.3 is 0 Å². The maximum atomic E-state index is 13.0. The molecule has 0 aliphatic rings. The first-order valence-electron chi connectivity index (χ1n) is 5.89.